The standard InChI is InChI=1S/C28H28N4OS/c1-18-11-5-6-13-23(18)31-19(2)17-21(20(31)3)27-26(22-12-9-10-16-29-22)30-28(34)32(27)24-14-7-8-15-25(24)33-4/h5-17,26-27H,1-4H3,(H,30,34)/t26-,27+/m1/s1. The number of aromatic nitrogens is 2. The van der Waals surface area contributed by atoms with Crippen molar-refractivity contribution < 1.29 is 4.74 Å². The fourth-order valence-electron chi connectivity index (χ4n) is 5.03. The van der Waals surface area contributed by atoms with Gasteiger partial charge < -0.3 is 19.5 Å². The van der Waals surface area contributed by atoms with Crippen LogP contribution in [-0.2, 0) is 0 Å². The third-order valence-electron chi connectivity index (χ3n) is 6.59. The molecule has 0 radical (unpaired) electrons. The number of benzene rings is 2. The molecule has 0 aliphatic carbocycles. The molecule has 0 bridgehead atoms. The number of methoxy groups -OCH3 is 1. The van der Waals surface area contributed by atoms with Crippen LogP contribution in [-0.4, -0.2) is 21.8 Å². The molecule has 1 aliphatic heterocycles. The van der Waals surface area contributed by atoms with Crippen LogP contribution in [0.15, 0.2) is 79.0 Å². The number of nitrogens with one attached hydrogen (secondary N) is 1. The molecular weight excluding hydrogens is 440 g/mol. The number of pyridine rings is 1. The van der Waals surface area contributed by atoms with Crippen molar-refractivity contribution in [1.82, 2.24) is 14.9 Å². The maximum absolute atomic E-state index is 5.91. The molecule has 3 heterocycles. The molecule has 1 N–H and O–H groups in total. The molecule has 1 saturated heterocycles. The largest absolute Gasteiger partial charge is 0.495 e. The first-order valence-corrected chi connectivity index (χ1v) is 11.8. The summed E-state index contributed by atoms with van der Waals surface area (Å²) in [5, 5.41) is 4.21. The fraction of sp³-hybridized carbons (Fsp3) is 0.214. The highest BCUT2D eigenvalue weighted by Crippen LogP contribution is 2.46. The van der Waals surface area contributed by atoms with Gasteiger partial charge in [0.2, 0.25) is 0 Å². The van der Waals surface area contributed by atoms with Gasteiger partial charge in [-0.15, -0.1) is 0 Å². The molecule has 34 heavy (non-hydrogen) atoms. The molecular formula is C28H28N4OS. The minimum absolute atomic E-state index is 0.0948. The van der Waals surface area contributed by atoms with Gasteiger partial charge in [-0.1, -0.05) is 36.4 Å². The zero-order valence-electron chi connectivity index (χ0n) is 19.8. The Morgan fingerprint density at radius 3 is 2.32 bits per heavy atom. The Balaban J connectivity index is 1.72. The van der Waals surface area contributed by atoms with E-state index in [1.54, 1.807) is 7.11 Å². The molecule has 2 atom stereocenters. The van der Waals surface area contributed by atoms with Crippen molar-refractivity contribution in [3.05, 3.63) is 107 Å². The first-order valence-electron chi connectivity index (χ1n) is 11.4. The van der Waals surface area contributed by atoms with Gasteiger partial charge >= 0.3 is 0 Å². The summed E-state index contributed by atoms with van der Waals surface area (Å²) >= 11 is 5.91. The van der Waals surface area contributed by atoms with E-state index in [2.05, 4.69) is 83.0 Å². The highest BCUT2D eigenvalue weighted by atomic mass is 32.1. The molecule has 0 amide bonds. The molecule has 4 aromatic rings. The Morgan fingerprint density at radius 2 is 1.62 bits per heavy atom. The maximum atomic E-state index is 5.91. The Bertz CT molecular complexity index is 1350. The van der Waals surface area contributed by atoms with Crippen molar-refractivity contribution in [3.8, 4) is 11.4 Å². The molecule has 1 aliphatic rings. The number of nitrogens with zero attached hydrogens (tertiary/aromatic N) is 3. The minimum Gasteiger partial charge on any atom is -0.495 e. The second-order valence-electron chi connectivity index (χ2n) is 8.62. The van der Waals surface area contributed by atoms with Gasteiger partial charge in [-0.3, -0.25) is 4.98 Å². The molecule has 2 aromatic carbocycles. The predicted molar refractivity (Wildman–Crippen MR) is 141 cm³/mol. The molecule has 0 spiro atoms. The third-order valence-corrected chi connectivity index (χ3v) is 6.90. The first-order chi connectivity index (χ1) is 16.5. The lowest BCUT2D eigenvalue weighted by Crippen LogP contribution is -2.30. The molecule has 5 rings (SSSR count). The summed E-state index contributed by atoms with van der Waals surface area (Å²) in [6.07, 6.45) is 1.83. The van der Waals surface area contributed by atoms with Crippen LogP contribution in [0.5, 0.6) is 5.75 Å². The maximum Gasteiger partial charge on any atom is 0.174 e. The Morgan fingerprint density at radius 1 is 0.912 bits per heavy atom. The highest BCUT2D eigenvalue weighted by molar-refractivity contribution is 7.80. The van der Waals surface area contributed by atoms with Crippen molar-refractivity contribution >= 4 is 23.0 Å². The van der Waals surface area contributed by atoms with Crippen LogP contribution in [0.25, 0.3) is 5.69 Å². The van der Waals surface area contributed by atoms with Crippen LogP contribution in [0.4, 0.5) is 5.69 Å². The van der Waals surface area contributed by atoms with Gasteiger partial charge in [-0.25, -0.2) is 0 Å². The molecule has 2 aromatic heterocycles. The van der Waals surface area contributed by atoms with Crippen molar-refractivity contribution in [2.45, 2.75) is 32.9 Å². The Hall–Kier alpha value is -3.64. The Labute approximate surface area is 206 Å². The van der Waals surface area contributed by atoms with E-state index in [9.17, 15) is 0 Å². The highest BCUT2D eigenvalue weighted by Gasteiger charge is 2.43. The zero-order valence-corrected chi connectivity index (χ0v) is 20.6. The number of hydrogen-bond acceptors (Lipinski definition) is 3. The lowest BCUT2D eigenvalue weighted by molar-refractivity contribution is 0.414. The quantitative estimate of drug-likeness (QED) is 0.365. The van der Waals surface area contributed by atoms with Gasteiger partial charge in [0, 0.05) is 23.3 Å². The molecule has 0 saturated carbocycles. The van der Waals surface area contributed by atoms with Crippen molar-refractivity contribution in [2.75, 3.05) is 12.0 Å². The van der Waals surface area contributed by atoms with Gasteiger partial charge in [0.05, 0.1) is 30.6 Å². The summed E-state index contributed by atoms with van der Waals surface area (Å²) in [6, 6.07) is 24.6. The lowest BCUT2D eigenvalue weighted by Gasteiger charge is -2.29. The summed E-state index contributed by atoms with van der Waals surface area (Å²) in [5.74, 6) is 0.783. The van der Waals surface area contributed by atoms with E-state index in [1.165, 1.54) is 28.2 Å². The van der Waals surface area contributed by atoms with Gasteiger partial charge in [0.15, 0.2) is 5.11 Å². The van der Waals surface area contributed by atoms with Crippen LogP contribution in [0.2, 0.25) is 0 Å². The first kappa shape index (κ1) is 22.2. The van der Waals surface area contributed by atoms with Crippen LogP contribution < -0.4 is 15.0 Å². The smallest absolute Gasteiger partial charge is 0.174 e. The van der Waals surface area contributed by atoms with E-state index in [-0.39, 0.29) is 12.1 Å². The third kappa shape index (κ3) is 3.64. The Kier molecular flexibility index (Phi) is 5.84. The topological polar surface area (TPSA) is 42.3 Å². The van der Waals surface area contributed by atoms with Crippen LogP contribution in [0.1, 0.15) is 40.3 Å². The predicted octanol–water partition coefficient (Wildman–Crippen LogP) is 5.98. The van der Waals surface area contributed by atoms with E-state index in [1.807, 2.05) is 36.5 Å². The number of ether oxygens (including phenoxy) is 1. The zero-order chi connectivity index (χ0) is 23.8. The summed E-state index contributed by atoms with van der Waals surface area (Å²) in [4.78, 5) is 6.86. The lowest BCUT2D eigenvalue weighted by atomic mass is 9.96. The number of rotatable bonds is 5. The number of anilines is 1. The van der Waals surface area contributed by atoms with Gasteiger partial charge in [0.25, 0.3) is 0 Å². The number of hydrogen-bond donors (Lipinski definition) is 1. The normalized spacial score (nSPS) is 17.6. The number of thiocarbonyl (C=S) groups is 1. The SMILES string of the molecule is COc1ccccc1N1C(=S)N[C@H](c2ccccn2)[C@@H]1c1cc(C)n(-c2ccccc2C)c1C. The van der Waals surface area contributed by atoms with E-state index in [4.69, 9.17) is 17.0 Å². The van der Waals surface area contributed by atoms with E-state index < -0.39 is 0 Å². The summed E-state index contributed by atoms with van der Waals surface area (Å²) in [6.45, 7) is 6.50. The molecule has 5 nitrogen and oxygen atoms in total. The van der Waals surface area contributed by atoms with Crippen LogP contribution in [0, 0.1) is 20.8 Å². The molecule has 172 valence electrons. The van der Waals surface area contributed by atoms with Crippen molar-refractivity contribution in [3.63, 3.8) is 0 Å². The average Bonchev–Trinajstić information content (AvgIpc) is 3.35. The van der Waals surface area contributed by atoms with Crippen LogP contribution in [0.3, 0.4) is 0 Å². The fourth-order valence-corrected chi connectivity index (χ4v) is 5.37. The number of aryl methyl sites for hydroxylation is 2. The number of para-hydroxylation sites is 3. The molecule has 1 fully saturated rings. The van der Waals surface area contributed by atoms with Gasteiger partial charge in [0.1, 0.15) is 5.75 Å². The second-order valence-corrected chi connectivity index (χ2v) is 9.00. The van der Waals surface area contributed by atoms with Gasteiger partial charge in [-0.2, -0.15) is 0 Å². The molecule has 0 unspecified atom stereocenters. The van der Waals surface area contributed by atoms with Crippen LogP contribution >= 0.6 is 12.2 Å². The van der Waals surface area contributed by atoms with E-state index in [0.29, 0.717) is 5.11 Å². The van der Waals surface area contributed by atoms with E-state index >= 15 is 0 Å². The van der Waals surface area contributed by atoms with E-state index in [0.717, 1.165) is 17.1 Å². The average molecular weight is 469 g/mol. The van der Waals surface area contributed by atoms with Gasteiger partial charge in [-0.05, 0) is 80.5 Å². The van der Waals surface area contributed by atoms with Crippen molar-refractivity contribution in [1.29, 1.82) is 0 Å². The summed E-state index contributed by atoms with van der Waals surface area (Å²) in [7, 11) is 1.70. The van der Waals surface area contributed by atoms with Crippen molar-refractivity contribution in [2.24, 2.45) is 0 Å². The monoisotopic (exact) mass is 468 g/mol. The minimum atomic E-state index is -0.107. The summed E-state index contributed by atoms with van der Waals surface area (Å²) < 4.78 is 8.06. The molecule has 6 heteroatoms. The summed E-state index contributed by atoms with van der Waals surface area (Å²) in [5.41, 5.74) is 7.88. The second kappa shape index (κ2) is 8.95.